The molecule has 2 N–H and O–H groups in total. The molecule has 2 rings (SSSR count). The van der Waals surface area contributed by atoms with Crippen molar-refractivity contribution >= 4 is 5.96 Å². The monoisotopic (exact) mass is 387 g/mol. The van der Waals surface area contributed by atoms with Gasteiger partial charge in [0.15, 0.2) is 11.8 Å². The van der Waals surface area contributed by atoms with Crippen LogP contribution in [0.1, 0.15) is 56.0 Å². The van der Waals surface area contributed by atoms with Gasteiger partial charge in [0.05, 0.1) is 13.2 Å². The molecule has 0 aliphatic carbocycles. The van der Waals surface area contributed by atoms with E-state index in [0.717, 1.165) is 36.8 Å². The number of ether oxygens (including phenoxy) is 1. The van der Waals surface area contributed by atoms with Crippen LogP contribution in [0.5, 0.6) is 5.75 Å². The summed E-state index contributed by atoms with van der Waals surface area (Å²) in [4.78, 5) is 8.92. The van der Waals surface area contributed by atoms with Crippen molar-refractivity contribution in [1.29, 1.82) is 0 Å². The number of unbranched alkanes of at least 4 members (excludes halogenated alkanes) is 2. The molecule has 154 valence electrons. The van der Waals surface area contributed by atoms with E-state index in [1.165, 1.54) is 18.4 Å². The van der Waals surface area contributed by atoms with E-state index in [1.54, 1.807) is 0 Å². The van der Waals surface area contributed by atoms with Crippen molar-refractivity contribution < 1.29 is 9.26 Å². The van der Waals surface area contributed by atoms with E-state index in [2.05, 4.69) is 52.8 Å². The summed E-state index contributed by atoms with van der Waals surface area (Å²) in [7, 11) is 0. The Labute approximate surface area is 168 Å². The molecule has 0 saturated carbocycles. The largest absolute Gasteiger partial charge is 0.493 e. The second-order valence-electron chi connectivity index (χ2n) is 6.77. The fourth-order valence-electron chi connectivity index (χ4n) is 2.70. The summed E-state index contributed by atoms with van der Waals surface area (Å²) >= 11 is 0. The highest BCUT2D eigenvalue weighted by Gasteiger charge is 2.06. The fourth-order valence-corrected chi connectivity index (χ4v) is 2.70. The van der Waals surface area contributed by atoms with Gasteiger partial charge in [0.25, 0.3) is 0 Å². The maximum Gasteiger partial charge on any atom is 0.228 e. The number of aryl methyl sites for hydroxylation is 2. The number of hydrogen-bond acceptors (Lipinski definition) is 5. The number of nitrogens with zero attached hydrogens (tertiary/aromatic N) is 3. The zero-order valence-corrected chi connectivity index (χ0v) is 17.5. The molecule has 7 nitrogen and oxygen atoms in total. The first kappa shape index (κ1) is 21.7. The maximum absolute atomic E-state index is 6.02. The van der Waals surface area contributed by atoms with Crippen LogP contribution >= 0.6 is 0 Å². The molecule has 1 aromatic heterocycles. The van der Waals surface area contributed by atoms with Crippen molar-refractivity contribution in [3.05, 3.63) is 41.0 Å². The summed E-state index contributed by atoms with van der Waals surface area (Å²) in [6.45, 7) is 10.9. The minimum Gasteiger partial charge on any atom is -0.493 e. The molecule has 1 aromatic carbocycles. The van der Waals surface area contributed by atoms with Crippen LogP contribution in [-0.2, 0) is 13.0 Å². The molecule has 0 aliphatic rings. The van der Waals surface area contributed by atoms with E-state index in [9.17, 15) is 0 Å². The third-order valence-corrected chi connectivity index (χ3v) is 4.18. The van der Waals surface area contributed by atoms with Gasteiger partial charge in [-0.2, -0.15) is 4.98 Å². The highest BCUT2D eigenvalue weighted by atomic mass is 16.5. The van der Waals surface area contributed by atoms with Gasteiger partial charge in [-0.3, -0.25) is 0 Å². The molecule has 0 atom stereocenters. The van der Waals surface area contributed by atoms with Gasteiger partial charge >= 0.3 is 0 Å². The second kappa shape index (κ2) is 12.0. The van der Waals surface area contributed by atoms with Crippen LogP contribution < -0.4 is 15.4 Å². The summed E-state index contributed by atoms with van der Waals surface area (Å²) in [5, 5.41) is 10.4. The summed E-state index contributed by atoms with van der Waals surface area (Å²) in [6, 6.07) is 6.29. The molecular weight excluding hydrogens is 354 g/mol. The van der Waals surface area contributed by atoms with Crippen molar-refractivity contribution in [1.82, 2.24) is 20.8 Å². The van der Waals surface area contributed by atoms with Gasteiger partial charge in [-0.25, -0.2) is 4.99 Å². The third kappa shape index (κ3) is 7.58. The molecule has 28 heavy (non-hydrogen) atoms. The van der Waals surface area contributed by atoms with Gasteiger partial charge in [0.2, 0.25) is 5.89 Å². The molecule has 2 aromatic rings. The van der Waals surface area contributed by atoms with Gasteiger partial charge in [0.1, 0.15) is 5.75 Å². The zero-order valence-electron chi connectivity index (χ0n) is 17.5. The highest BCUT2D eigenvalue weighted by molar-refractivity contribution is 5.79. The number of rotatable bonds is 11. The Bertz CT molecular complexity index is 742. The van der Waals surface area contributed by atoms with E-state index >= 15 is 0 Å². The molecule has 0 unspecified atom stereocenters. The third-order valence-electron chi connectivity index (χ3n) is 4.18. The zero-order chi connectivity index (χ0) is 20.2. The topological polar surface area (TPSA) is 84.6 Å². The lowest BCUT2D eigenvalue weighted by Gasteiger charge is -2.13. The summed E-state index contributed by atoms with van der Waals surface area (Å²) in [5.74, 6) is 2.97. The molecule has 0 saturated heterocycles. The van der Waals surface area contributed by atoms with Crippen LogP contribution in [0, 0.1) is 13.8 Å². The molecule has 0 aliphatic heterocycles. The lowest BCUT2D eigenvalue weighted by atomic mass is 10.1. The Morgan fingerprint density at radius 2 is 2.04 bits per heavy atom. The molecular formula is C21H33N5O2. The average molecular weight is 388 g/mol. The van der Waals surface area contributed by atoms with Crippen LogP contribution in [0.25, 0.3) is 0 Å². The average Bonchev–Trinajstić information content (AvgIpc) is 3.09. The number of nitrogens with one attached hydrogen (secondary N) is 2. The van der Waals surface area contributed by atoms with Crippen molar-refractivity contribution in [2.75, 3.05) is 19.7 Å². The fraction of sp³-hybridized carbons (Fsp3) is 0.571. The first-order chi connectivity index (χ1) is 13.6. The predicted molar refractivity (Wildman–Crippen MR) is 112 cm³/mol. The quantitative estimate of drug-likeness (QED) is 0.348. The van der Waals surface area contributed by atoms with Crippen LogP contribution in [0.3, 0.4) is 0 Å². The van der Waals surface area contributed by atoms with Crippen molar-refractivity contribution in [3.8, 4) is 5.75 Å². The number of hydrogen-bond donors (Lipinski definition) is 2. The minimum atomic E-state index is 0.554. The van der Waals surface area contributed by atoms with Gasteiger partial charge in [-0.15, -0.1) is 0 Å². The lowest BCUT2D eigenvalue weighted by molar-refractivity contribution is 0.303. The molecule has 0 radical (unpaired) electrons. The van der Waals surface area contributed by atoms with Crippen molar-refractivity contribution in [2.24, 2.45) is 4.99 Å². The first-order valence-electron chi connectivity index (χ1n) is 10.2. The normalized spacial score (nSPS) is 11.5. The number of aromatic nitrogens is 2. The Hall–Kier alpha value is -2.57. The van der Waals surface area contributed by atoms with Crippen molar-refractivity contribution in [3.63, 3.8) is 0 Å². The van der Waals surface area contributed by atoms with Crippen molar-refractivity contribution in [2.45, 2.75) is 59.9 Å². The molecule has 7 heteroatoms. The Kier molecular flexibility index (Phi) is 9.31. The maximum atomic E-state index is 6.02. The summed E-state index contributed by atoms with van der Waals surface area (Å²) in [6.07, 6.45) is 4.11. The van der Waals surface area contributed by atoms with Gasteiger partial charge in [-0.05, 0) is 38.8 Å². The van der Waals surface area contributed by atoms with E-state index in [0.29, 0.717) is 31.2 Å². The highest BCUT2D eigenvalue weighted by Crippen LogP contribution is 2.21. The van der Waals surface area contributed by atoms with Crippen LogP contribution in [0.15, 0.2) is 27.7 Å². The van der Waals surface area contributed by atoms with E-state index in [-0.39, 0.29) is 0 Å². The predicted octanol–water partition coefficient (Wildman–Crippen LogP) is 3.55. The molecule has 0 amide bonds. The van der Waals surface area contributed by atoms with E-state index < -0.39 is 0 Å². The summed E-state index contributed by atoms with van der Waals surface area (Å²) < 4.78 is 11.2. The van der Waals surface area contributed by atoms with E-state index in [1.807, 2.05) is 13.8 Å². The Balaban J connectivity index is 1.94. The van der Waals surface area contributed by atoms with Gasteiger partial charge in [-0.1, -0.05) is 37.1 Å². The van der Waals surface area contributed by atoms with Crippen LogP contribution in [0.4, 0.5) is 0 Å². The molecule has 0 fully saturated rings. The van der Waals surface area contributed by atoms with Gasteiger partial charge < -0.3 is 19.9 Å². The van der Waals surface area contributed by atoms with E-state index in [4.69, 9.17) is 14.3 Å². The lowest BCUT2D eigenvalue weighted by Crippen LogP contribution is -2.38. The molecule has 0 bridgehead atoms. The standard InChI is InChI=1S/C21H33N5O2/c1-5-7-8-13-27-19-14-16(3)9-10-18(19)15-24-21(22-6-2)23-12-11-20-25-17(4)26-28-20/h9-10,14H,5-8,11-13,15H2,1-4H3,(H2,22,23,24). The number of aliphatic imine (C=N–C) groups is 1. The Morgan fingerprint density at radius 3 is 2.75 bits per heavy atom. The second-order valence-corrected chi connectivity index (χ2v) is 6.77. The molecule has 0 spiro atoms. The van der Waals surface area contributed by atoms with Crippen LogP contribution in [0.2, 0.25) is 0 Å². The minimum absolute atomic E-state index is 0.554. The molecule has 1 heterocycles. The van der Waals surface area contributed by atoms with Crippen LogP contribution in [-0.4, -0.2) is 35.8 Å². The van der Waals surface area contributed by atoms with Gasteiger partial charge in [0, 0.05) is 25.1 Å². The smallest absolute Gasteiger partial charge is 0.228 e. The first-order valence-corrected chi connectivity index (χ1v) is 10.2. The number of guanidine groups is 1. The number of benzene rings is 1. The Morgan fingerprint density at radius 1 is 1.18 bits per heavy atom. The summed E-state index contributed by atoms with van der Waals surface area (Å²) in [5.41, 5.74) is 2.28. The SMILES string of the molecule is CCCCCOc1cc(C)ccc1CN=C(NCC)NCCc1nc(C)no1.